The molecule has 2 heterocycles. The monoisotopic (exact) mass is 258 g/mol. The van der Waals surface area contributed by atoms with Crippen molar-refractivity contribution in [1.82, 2.24) is 14.7 Å². The van der Waals surface area contributed by atoms with Crippen LogP contribution in [0.3, 0.4) is 0 Å². The van der Waals surface area contributed by atoms with E-state index < -0.39 is 0 Å². The van der Waals surface area contributed by atoms with Crippen LogP contribution in [0.4, 0.5) is 5.69 Å². The van der Waals surface area contributed by atoms with E-state index in [0.717, 1.165) is 25.3 Å². The summed E-state index contributed by atoms with van der Waals surface area (Å²) in [6.45, 7) is 2.35. The third kappa shape index (κ3) is 2.54. The van der Waals surface area contributed by atoms with Gasteiger partial charge < -0.3 is 4.90 Å². The van der Waals surface area contributed by atoms with E-state index in [2.05, 4.69) is 22.1 Å². The standard InChI is InChI=1S/C13H18N6/c1-17(2)12-8-16-19(9-12)13(4-6-15)10-18(11-13)7-3-5-14/h8-9H,3-4,7,10-11H2,1-2H3. The Balaban J connectivity index is 2.09. The van der Waals surface area contributed by atoms with Crippen molar-refractivity contribution in [3.05, 3.63) is 12.4 Å². The van der Waals surface area contributed by atoms with Gasteiger partial charge in [0.05, 0.1) is 30.4 Å². The summed E-state index contributed by atoms with van der Waals surface area (Å²) in [7, 11) is 3.94. The molecule has 1 aliphatic rings. The molecule has 19 heavy (non-hydrogen) atoms. The summed E-state index contributed by atoms with van der Waals surface area (Å²) in [4.78, 5) is 4.19. The lowest BCUT2D eigenvalue weighted by atomic mass is 9.86. The molecule has 0 N–H and O–H groups in total. The largest absolute Gasteiger partial charge is 0.375 e. The normalized spacial score (nSPS) is 17.3. The van der Waals surface area contributed by atoms with Gasteiger partial charge in [0.15, 0.2) is 0 Å². The van der Waals surface area contributed by atoms with Crippen molar-refractivity contribution in [3.8, 4) is 12.1 Å². The maximum absolute atomic E-state index is 9.03. The molecular formula is C13H18N6. The maximum atomic E-state index is 9.03. The summed E-state index contributed by atoms with van der Waals surface area (Å²) in [5.41, 5.74) is 0.811. The SMILES string of the molecule is CN(C)c1cnn(C2(CC#N)CN(CCC#N)C2)c1. The fourth-order valence-corrected chi connectivity index (χ4v) is 2.44. The van der Waals surface area contributed by atoms with Crippen molar-refractivity contribution in [1.29, 1.82) is 10.5 Å². The quantitative estimate of drug-likeness (QED) is 0.780. The molecule has 0 aromatic carbocycles. The zero-order valence-corrected chi connectivity index (χ0v) is 11.4. The summed E-state index contributed by atoms with van der Waals surface area (Å²) >= 11 is 0. The molecule has 0 bridgehead atoms. The predicted molar refractivity (Wildman–Crippen MR) is 71.4 cm³/mol. The van der Waals surface area contributed by atoms with Crippen LogP contribution < -0.4 is 4.90 Å². The van der Waals surface area contributed by atoms with Crippen molar-refractivity contribution < 1.29 is 0 Å². The molecule has 100 valence electrons. The van der Waals surface area contributed by atoms with Crippen LogP contribution in [0.15, 0.2) is 12.4 Å². The van der Waals surface area contributed by atoms with E-state index >= 15 is 0 Å². The second-order valence-electron chi connectivity index (χ2n) is 5.22. The molecule has 1 saturated heterocycles. The molecule has 0 amide bonds. The first-order valence-electron chi connectivity index (χ1n) is 6.30. The fourth-order valence-electron chi connectivity index (χ4n) is 2.44. The summed E-state index contributed by atoms with van der Waals surface area (Å²) in [6, 6.07) is 4.41. The Bertz CT molecular complexity index is 512. The highest BCUT2D eigenvalue weighted by molar-refractivity contribution is 5.40. The molecular weight excluding hydrogens is 240 g/mol. The number of nitrogens with zero attached hydrogens (tertiary/aromatic N) is 6. The van der Waals surface area contributed by atoms with E-state index in [1.54, 1.807) is 0 Å². The van der Waals surface area contributed by atoms with Crippen LogP contribution in [0.2, 0.25) is 0 Å². The maximum Gasteiger partial charge on any atom is 0.101 e. The van der Waals surface area contributed by atoms with Crippen LogP contribution in [-0.2, 0) is 5.54 Å². The summed E-state index contributed by atoms with van der Waals surface area (Å²) < 4.78 is 1.91. The minimum atomic E-state index is -0.224. The lowest BCUT2D eigenvalue weighted by Crippen LogP contribution is -2.62. The first kappa shape index (κ1) is 13.4. The van der Waals surface area contributed by atoms with Crippen LogP contribution in [0, 0.1) is 22.7 Å². The molecule has 2 rings (SSSR count). The van der Waals surface area contributed by atoms with E-state index in [9.17, 15) is 0 Å². The number of nitriles is 2. The van der Waals surface area contributed by atoms with Gasteiger partial charge in [0.2, 0.25) is 0 Å². The minimum absolute atomic E-state index is 0.224. The Kier molecular flexibility index (Phi) is 3.73. The second-order valence-corrected chi connectivity index (χ2v) is 5.22. The average molecular weight is 258 g/mol. The third-order valence-corrected chi connectivity index (χ3v) is 3.56. The first-order chi connectivity index (χ1) is 9.11. The van der Waals surface area contributed by atoms with Crippen LogP contribution >= 0.6 is 0 Å². The Hall–Kier alpha value is -2.05. The molecule has 1 aromatic rings. The Morgan fingerprint density at radius 1 is 1.37 bits per heavy atom. The summed E-state index contributed by atoms with van der Waals surface area (Å²) in [5.74, 6) is 0. The highest BCUT2D eigenvalue weighted by Crippen LogP contribution is 2.32. The van der Waals surface area contributed by atoms with Gasteiger partial charge in [0.1, 0.15) is 5.54 Å². The molecule has 1 aromatic heterocycles. The lowest BCUT2D eigenvalue weighted by molar-refractivity contribution is 0.00702. The highest BCUT2D eigenvalue weighted by Gasteiger charge is 2.45. The molecule has 0 spiro atoms. The lowest BCUT2D eigenvalue weighted by Gasteiger charge is -2.49. The van der Waals surface area contributed by atoms with Crippen LogP contribution in [0.1, 0.15) is 12.8 Å². The topological polar surface area (TPSA) is 71.9 Å². The Labute approximate surface area is 113 Å². The molecule has 6 heteroatoms. The second kappa shape index (κ2) is 5.29. The molecule has 6 nitrogen and oxygen atoms in total. The molecule has 0 unspecified atom stereocenters. The van der Waals surface area contributed by atoms with Crippen molar-refractivity contribution in [3.63, 3.8) is 0 Å². The van der Waals surface area contributed by atoms with Crippen molar-refractivity contribution in [2.45, 2.75) is 18.4 Å². The number of hydrogen-bond acceptors (Lipinski definition) is 5. The zero-order valence-electron chi connectivity index (χ0n) is 11.4. The molecule has 1 aliphatic heterocycles. The molecule has 0 atom stereocenters. The van der Waals surface area contributed by atoms with Gasteiger partial charge in [-0.2, -0.15) is 15.6 Å². The van der Waals surface area contributed by atoms with Gasteiger partial charge in [-0.15, -0.1) is 0 Å². The van der Waals surface area contributed by atoms with Gasteiger partial charge in [-0.1, -0.05) is 0 Å². The average Bonchev–Trinajstić information content (AvgIpc) is 2.81. The smallest absolute Gasteiger partial charge is 0.101 e. The highest BCUT2D eigenvalue weighted by atomic mass is 15.4. The minimum Gasteiger partial charge on any atom is -0.375 e. The van der Waals surface area contributed by atoms with Gasteiger partial charge in [0.25, 0.3) is 0 Å². The van der Waals surface area contributed by atoms with Gasteiger partial charge >= 0.3 is 0 Å². The van der Waals surface area contributed by atoms with Crippen LogP contribution in [0.25, 0.3) is 0 Å². The number of anilines is 1. The molecule has 1 fully saturated rings. The Morgan fingerprint density at radius 2 is 2.11 bits per heavy atom. The zero-order chi connectivity index (χ0) is 13.9. The molecule has 0 saturated carbocycles. The number of aromatic nitrogens is 2. The first-order valence-corrected chi connectivity index (χ1v) is 6.30. The third-order valence-electron chi connectivity index (χ3n) is 3.56. The number of likely N-dealkylation sites (tertiary alicyclic amines) is 1. The van der Waals surface area contributed by atoms with Gasteiger partial charge in [-0.25, -0.2) is 0 Å². The molecule has 0 aliphatic carbocycles. The Morgan fingerprint density at radius 3 is 2.63 bits per heavy atom. The van der Waals surface area contributed by atoms with E-state index in [1.165, 1.54) is 0 Å². The van der Waals surface area contributed by atoms with Gasteiger partial charge in [0, 0.05) is 46.3 Å². The van der Waals surface area contributed by atoms with Crippen LogP contribution in [0.5, 0.6) is 0 Å². The predicted octanol–water partition coefficient (Wildman–Crippen LogP) is 0.787. The van der Waals surface area contributed by atoms with Crippen LogP contribution in [-0.4, -0.2) is 48.4 Å². The van der Waals surface area contributed by atoms with Gasteiger partial charge in [-0.05, 0) is 0 Å². The fraction of sp³-hybridized carbons (Fsp3) is 0.615. The van der Waals surface area contributed by atoms with Crippen molar-refractivity contribution >= 4 is 5.69 Å². The van der Waals surface area contributed by atoms with Crippen molar-refractivity contribution in [2.75, 3.05) is 38.6 Å². The number of hydrogen-bond donors (Lipinski definition) is 0. The summed E-state index contributed by atoms with van der Waals surface area (Å²) in [5, 5.41) is 22.0. The van der Waals surface area contributed by atoms with E-state index in [-0.39, 0.29) is 5.54 Å². The van der Waals surface area contributed by atoms with E-state index in [4.69, 9.17) is 10.5 Å². The summed E-state index contributed by atoms with van der Waals surface area (Å²) in [6.07, 6.45) is 4.78. The molecule has 0 radical (unpaired) electrons. The van der Waals surface area contributed by atoms with Gasteiger partial charge in [-0.3, -0.25) is 9.58 Å². The van der Waals surface area contributed by atoms with E-state index in [1.807, 2.05) is 36.1 Å². The van der Waals surface area contributed by atoms with Crippen molar-refractivity contribution in [2.24, 2.45) is 0 Å². The van der Waals surface area contributed by atoms with E-state index in [0.29, 0.717) is 12.8 Å². The number of rotatable bonds is 5.